The first-order chi connectivity index (χ1) is 7.24. The molecule has 0 radical (unpaired) electrons. The number of nitrogens with zero attached hydrogens (tertiary/aromatic N) is 2. The first-order valence-electron chi connectivity index (χ1n) is 4.56. The lowest BCUT2D eigenvalue weighted by atomic mass is 10.4. The van der Waals surface area contributed by atoms with Gasteiger partial charge in [-0.25, -0.2) is 9.78 Å². The van der Waals surface area contributed by atoms with Crippen LogP contribution in [-0.2, 0) is 20.9 Å². The van der Waals surface area contributed by atoms with Gasteiger partial charge in [0.05, 0.1) is 13.4 Å². The van der Waals surface area contributed by atoms with Crippen LogP contribution in [0.25, 0.3) is 0 Å². The highest BCUT2D eigenvalue weighted by atomic mass is 16.5. The molecule has 1 aromatic heterocycles. The van der Waals surface area contributed by atoms with Crippen LogP contribution in [0.2, 0.25) is 0 Å². The second-order valence-electron chi connectivity index (χ2n) is 2.90. The van der Waals surface area contributed by atoms with Crippen molar-refractivity contribution in [1.82, 2.24) is 14.9 Å². The molecule has 1 heterocycles. The van der Waals surface area contributed by atoms with Crippen molar-refractivity contribution in [3.8, 4) is 0 Å². The van der Waals surface area contributed by atoms with E-state index in [1.807, 2.05) is 10.8 Å². The maximum atomic E-state index is 10.9. The fourth-order valence-electron chi connectivity index (χ4n) is 1.05. The number of methoxy groups -OCH3 is 1. The van der Waals surface area contributed by atoms with Gasteiger partial charge in [-0.1, -0.05) is 0 Å². The van der Waals surface area contributed by atoms with Crippen LogP contribution in [0.3, 0.4) is 0 Å². The highest BCUT2D eigenvalue weighted by Crippen LogP contribution is 1.89. The summed E-state index contributed by atoms with van der Waals surface area (Å²) in [5.74, 6) is -1.57. The highest BCUT2D eigenvalue weighted by molar-refractivity contribution is 6.32. The minimum atomic E-state index is -0.863. The number of carbonyl (C=O) groups excluding carboxylic acids is 2. The van der Waals surface area contributed by atoms with E-state index in [1.54, 1.807) is 12.5 Å². The molecule has 0 saturated carbocycles. The Balaban J connectivity index is 2.12. The van der Waals surface area contributed by atoms with Gasteiger partial charge in [0.25, 0.3) is 0 Å². The van der Waals surface area contributed by atoms with E-state index < -0.39 is 11.9 Å². The van der Waals surface area contributed by atoms with Gasteiger partial charge >= 0.3 is 11.9 Å². The quantitative estimate of drug-likeness (QED) is 0.416. The Bertz CT molecular complexity index is 321. The Kier molecular flexibility index (Phi) is 4.33. The molecule has 6 nitrogen and oxygen atoms in total. The number of amides is 1. The van der Waals surface area contributed by atoms with Crippen LogP contribution in [-0.4, -0.2) is 35.1 Å². The number of nitrogens with one attached hydrogen (secondary N) is 1. The number of aromatic nitrogens is 2. The van der Waals surface area contributed by atoms with Gasteiger partial charge in [0.2, 0.25) is 0 Å². The number of hydrogen-bond donors (Lipinski definition) is 1. The smallest absolute Gasteiger partial charge is 0.396 e. The summed E-state index contributed by atoms with van der Waals surface area (Å²) in [7, 11) is 1.17. The molecule has 0 aromatic carbocycles. The van der Waals surface area contributed by atoms with Gasteiger partial charge in [-0.3, -0.25) is 4.79 Å². The highest BCUT2D eigenvalue weighted by Gasteiger charge is 2.11. The summed E-state index contributed by atoms with van der Waals surface area (Å²) in [6, 6.07) is 0. The largest absolute Gasteiger partial charge is 0.462 e. The molecule has 82 valence electrons. The van der Waals surface area contributed by atoms with Gasteiger partial charge < -0.3 is 14.6 Å². The van der Waals surface area contributed by atoms with Crippen LogP contribution in [0, 0.1) is 0 Å². The molecule has 0 fully saturated rings. The summed E-state index contributed by atoms with van der Waals surface area (Å²) < 4.78 is 6.14. The standard InChI is InChI=1S/C9H13N3O3/c1-15-9(14)8(13)11-3-2-5-12-6-4-10-7-12/h4,6-7H,2-3,5H2,1H3,(H,11,13). The second-order valence-corrected chi connectivity index (χ2v) is 2.90. The molecule has 15 heavy (non-hydrogen) atoms. The van der Waals surface area contributed by atoms with Gasteiger partial charge in [0.15, 0.2) is 0 Å². The van der Waals surface area contributed by atoms with E-state index >= 15 is 0 Å². The molecule has 0 spiro atoms. The van der Waals surface area contributed by atoms with Crippen molar-refractivity contribution >= 4 is 11.9 Å². The summed E-state index contributed by atoms with van der Waals surface area (Å²) in [6.07, 6.45) is 5.95. The predicted molar refractivity (Wildman–Crippen MR) is 51.9 cm³/mol. The molecule has 0 bridgehead atoms. The van der Waals surface area contributed by atoms with Crippen molar-refractivity contribution in [2.45, 2.75) is 13.0 Å². The number of rotatable bonds is 4. The van der Waals surface area contributed by atoms with E-state index in [2.05, 4.69) is 15.0 Å². The number of hydrogen-bond acceptors (Lipinski definition) is 4. The lowest BCUT2D eigenvalue weighted by Crippen LogP contribution is -2.32. The van der Waals surface area contributed by atoms with Crippen molar-refractivity contribution < 1.29 is 14.3 Å². The zero-order chi connectivity index (χ0) is 11.1. The summed E-state index contributed by atoms with van der Waals surface area (Å²) in [5, 5.41) is 2.45. The lowest BCUT2D eigenvalue weighted by Gasteiger charge is -2.03. The summed E-state index contributed by atoms with van der Waals surface area (Å²) in [5.41, 5.74) is 0. The van der Waals surface area contributed by atoms with E-state index in [9.17, 15) is 9.59 Å². The van der Waals surface area contributed by atoms with Crippen molar-refractivity contribution in [3.05, 3.63) is 18.7 Å². The van der Waals surface area contributed by atoms with E-state index in [-0.39, 0.29) is 0 Å². The van der Waals surface area contributed by atoms with Crippen molar-refractivity contribution in [2.75, 3.05) is 13.7 Å². The Morgan fingerprint density at radius 1 is 1.53 bits per heavy atom. The molecule has 1 aromatic rings. The van der Waals surface area contributed by atoms with Crippen LogP contribution >= 0.6 is 0 Å². The Labute approximate surface area is 87.2 Å². The number of carbonyl (C=O) groups is 2. The van der Waals surface area contributed by atoms with Crippen LogP contribution in [0.15, 0.2) is 18.7 Å². The van der Waals surface area contributed by atoms with E-state index in [0.29, 0.717) is 6.54 Å². The van der Waals surface area contributed by atoms with Gasteiger partial charge in [-0.15, -0.1) is 0 Å². The van der Waals surface area contributed by atoms with Crippen molar-refractivity contribution in [2.24, 2.45) is 0 Å². The van der Waals surface area contributed by atoms with Crippen LogP contribution in [0.5, 0.6) is 0 Å². The van der Waals surface area contributed by atoms with Crippen LogP contribution < -0.4 is 5.32 Å². The molecule has 0 atom stereocenters. The van der Waals surface area contributed by atoms with Crippen LogP contribution in [0.1, 0.15) is 6.42 Å². The molecule has 1 rings (SSSR count). The third kappa shape index (κ3) is 3.80. The molecule has 0 saturated heterocycles. The van der Waals surface area contributed by atoms with Crippen LogP contribution in [0.4, 0.5) is 0 Å². The van der Waals surface area contributed by atoms with E-state index in [0.717, 1.165) is 13.0 Å². The first-order valence-corrected chi connectivity index (χ1v) is 4.56. The van der Waals surface area contributed by atoms with Gasteiger partial charge in [0.1, 0.15) is 0 Å². The molecule has 1 N–H and O–H groups in total. The molecule has 0 unspecified atom stereocenters. The molecule has 0 aliphatic rings. The molecule has 6 heteroatoms. The molecular formula is C9H13N3O3. The Morgan fingerprint density at radius 2 is 2.33 bits per heavy atom. The third-order valence-electron chi connectivity index (χ3n) is 1.81. The average molecular weight is 211 g/mol. The topological polar surface area (TPSA) is 73.2 Å². The molecule has 0 aliphatic heterocycles. The number of esters is 1. The SMILES string of the molecule is COC(=O)C(=O)NCCCn1ccnc1. The number of imidazole rings is 1. The second kappa shape index (κ2) is 5.79. The normalized spacial score (nSPS) is 9.67. The number of ether oxygens (including phenoxy) is 1. The zero-order valence-corrected chi connectivity index (χ0v) is 8.47. The lowest BCUT2D eigenvalue weighted by molar-refractivity contribution is -0.152. The summed E-state index contributed by atoms with van der Waals surface area (Å²) in [4.78, 5) is 25.5. The monoisotopic (exact) mass is 211 g/mol. The minimum absolute atomic E-state index is 0.437. The summed E-state index contributed by atoms with van der Waals surface area (Å²) in [6.45, 7) is 1.19. The molecular weight excluding hydrogens is 198 g/mol. The van der Waals surface area contributed by atoms with Crippen molar-refractivity contribution in [3.63, 3.8) is 0 Å². The molecule has 1 amide bonds. The Morgan fingerprint density at radius 3 is 2.93 bits per heavy atom. The zero-order valence-electron chi connectivity index (χ0n) is 8.47. The third-order valence-corrected chi connectivity index (χ3v) is 1.81. The maximum absolute atomic E-state index is 10.9. The minimum Gasteiger partial charge on any atom is -0.462 e. The summed E-state index contributed by atoms with van der Waals surface area (Å²) >= 11 is 0. The fraction of sp³-hybridized carbons (Fsp3) is 0.444. The van der Waals surface area contributed by atoms with E-state index in [1.165, 1.54) is 7.11 Å². The van der Waals surface area contributed by atoms with Gasteiger partial charge in [-0.2, -0.15) is 0 Å². The Hall–Kier alpha value is -1.85. The average Bonchev–Trinajstić information content (AvgIpc) is 2.75. The van der Waals surface area contributed by atoms with Gasteiger partial charge in [0, 0.05) is 25.5 Å². The molecule has 0 aliphatic carbocycles. The fourth-order valence-corrected chi connectivity index (χ4v) is 1.05. The number of aryl methyl sites for hydroxylation is 1. The van der Waals surface area contributed by atoms with Crippen molar-refractivity contribution in [1.29, 1.82) is 0 Å². The predicted octanol–water partition coefficient (Wildman–Crippen LogP) is -0.438. The maximum Gasteiger partial charge on any atom is 0.396 e. The van der Waals surface area contributed by atoms with E-state index in [4.69, 9.17) is 0 Å². The first kappa shape index (κ1) is 11.2. The van der Waals surface area contributed by atoms with Gasteiger partial charge in [-0.05, 0) is 6.42 Å².